The van der Waals surface area contributed by atoms with Crippen LogP contribution < -0.4 is 14.4 Å². The van der Waals surface area contributed by atoms with Crippen molar-refractivity contribution in [3.05, 3.63) is 75.8 Å². The molecule has 0 saturated carbocycles. The number of hydrogen-bond acceptors (Lipinski definition) is 8. The van der Waals surface area contributed by atoms with Crippen LogP contribution in [0.25, 0.3) is 5.76 Å². The number of benzene rings is 2. The summed E-state index contributed by atoms with van der Waals surface area (Å²) in [6.07, 6.45) is 0.853. The van der Waals surface area contributed by atoms with Crippen LogP contribution in [0.4, 0.5) is 5.13 Å². The summed E-state index contributed by atoms with van der Waals surface area (Å²) >= 11 is 1.04. The third-order valence-corrected chi connectivity index (χ3v) is 7.05. The van der Waals surface area contributed by atoms with Crippen molar-refractivity contribution in [2.75, 3.05) is 18.6 Å². The van der Waals surface area contributed by atoms with Crippen LogP contribution in [0.2, 0.25) is 0 Å². The first kappa shape index (κ1) is 25.1. The number of nitrogens with zero attached hydrogens (tertiary/aromatic N) is 2. The summed E-state index contributed by atoms with van der Waals surface area (Å²) in [5.74, 6) is -0.921. The maximum Gasteiger partial charge on any atom is 0.301 e. The van der Waals surface area contributed by atoms with Gasteiger partial charge in [0.25, 0.3) is 5.78 Å². The Labute approximate surface area is 212 Å². The van der Waals surface area contributed by atoms with E-state index in [-0.39, 0.29) is 22.2 Å². The van der Waals surface area contributed by atoms with E-state index in [1.54, 1.807) is 55.5 Å². The van der Waals surface area contributed by atoms with Crippen molar-refractivity contribution in [3.63, 3.8) is 0 Å². The van der Waals surface area contributed by atoms with Crippen molar-refractivity contribution >= 4 is 39.7 Å². The fourth-order valence-electron chi connectivity index (χ4n) is 4.03. The van der Waals surface area contributed by atoms with E-state index in [2.05, 4.69) is 4.98 Å². The van der Waals surface area contributed by atoms with E-state index in [4.69, 9.17) is 9.47 Å². The second kappa shape index (κ2) is 10.3. The van der Waals surface area contributed by atoms with Gasteiger partial charge >= 0.3 is 5.91 Å². The molecule has 0 spiro atoms. The average Bonchev–Trinajstić information content (AvgIpc) is 3.39. The number of aromatic nitrogens is 1. The lowest BCUT2D eigenvalue weighted by atomic mass is 9.95. The largest absolute Gasteiger partial charge is 0.507 e. The Kier molecular flexibility index (Phi) is 7.21. The van der Waals surface area contributed by atoms with Gasteiger partial charge in [-0.3, -0.25) is 19.3 Å². The highest BCUT2D eigenvalue weighted by molar-refractivity contribution is 7.18. The molecule has 36 heavy (non-hydrogen) atoms. The summed E-state index contributed by atoms with van der Waals surface area (Å²) in [6.45, 7) is 5.67. The second-order valence-electron chi connectivity index (χ2n) is 8.28. The van der Waals surface area contributed by atoms with Gasteiger partial charge in [0.15, 0.2) is 10.9 Å². The molecule has 8 nitrogen and oxygen atoms in total. The molecule has 9 heteroatoms. The number of ether oxygens (including phenoxy) is 2. The van der Waals surface area contributed by atoms with E-state index in [1.165, 1.54) is 18.9 Å². The topological polar surface area (TPSA) is 106 Å². The molecule has 1 saturated heterocycles. The quantitative estimate of drug-likeness (QED) is 0.197. The van der Waals surface area contributed by atoms with Crippen molar-refractivity contribution in [2.45, 2.75) is 33.2 Å². The lowest BCUT2D eigenvalue weighted by Crippen LogP contribution is -2.29. The van der Waals surface area contributed by atoms with E-state index in [1.807, 2.05) is 6.92 Å². The second-order valence-corrected chi connectivity index (χ2v) is 9.26. The van der Waals surface area contributed by atoms with Crippen LogP contribution in [0.5, 0.6) is 11.5 Å². The van der Waals surface area contributed by atoms with E-state index in [0.717, 1.165) is 17.8 Å². The van der Waals surface area contributed by atoms with Gasteiger partial charge in [0.05, 0.1) is 35.9 Å². The number of methoxy groups -OCH3 is 1. The van der Waals surface area contributed by atoms with Gasteiger partial charge in [-0.2, -0.15) is 0 Å². The smallest absolute Gasteiger partial charge is 0.301 e. The summed E-state index contributed by atoms with van der Waals surface area (Å²) in [5, 5.41) is 11.4. The average molecular weight is 507 g/mol. The van der Waals surface area contributed by atoms with Crippen LogP contribution in [0, 0.1) is 6.92 Å². The molecule has 1 amide bonds. The van der Waals surface area contributed by atoms with Gasteiger partial charge in [0, 0.05) is 12.5 Å². The van der Waals surface area contributed by atoms with Gasteiger partial charge in [-0.1, -0.05) is 30.4 Å². The highest BCUT2D eigenvalue weighted by Gasteiger charge is 2.48. The Bertz CT molecular complexity index is 1340. The van der Waals surface area contributed by atoms with Gasteiger partial charge in [-0.05, 0) is 55.3 Å². The first-order valence-electron chi connectivity index (χ1n) is 11.4. The first-order chi connectivity index (χ1) is 17.3. The molecule has 186 valence electrons. The number of ketones is 2. The molecule has 1 aromatic heterocycles. The molecule has 1 aliphatic rings. The lowest BCUT2D eigenvalue weighted by Gasteiger charge is -2.23. The fraction of sp³-hybridized carbons (Fsp3) is 0.259. The van der Waals surface area contributed by atoms with E-state index in [0.29, 0.717) is 39.8 Å². The van der Waals surface area contributed by atoms with E-state index in [9.17, 15) is 19.5 Å². The Balaban J connectivity index is 1.87. The molecule has 3 aromatic rings. The van der Waals surface area contributed by atoms with Gasteiger partial charge in [-0.15, -0.1) is 0 Å². The van der Waals surface area contributed by atoms with Crippen molar-refractivity contribution in [1.82, 2.24) is 4.98 Å². The van der Waals surface area contributed by atoms with Gasteiger partial charge in [0.2, 0.25) is 0 Å². The van der Waals surface area contributed by atoms with Crippen molar-refractivity contribution < 1.29 is 29.0 Å². The molecule has 1 N–H and O–H groups in total. The minimum Gasteiger partial charge on any atom is -0.507 e. The van der Waals surface area contributed by atoms with Crippen LogP contribution in [-0.2, 0) is 9.59 Å². The number of aliphatic hydroxyl groups is 1. The van der Waals surface area contributed by atoms with E-state index >= 15 is 0 Å². The molecule has 2 aromatic carbocycles. The number of amides is 1. The zero-order chi connectivity index (χ0) is 26.0. The van der Waals surface area contributed by atoms with Crippen LogP contribution in [0.15, 0.2) is 54.1 Å². The number of thiazole rings is 1. The summed E-state index contributed by atoms with van der Waals surface area (Å²) in [6, 6.07) is 12.6. The Morgan fingerprint density at radius 1 is 1.08 bits per heavy atom. The monoisotopic (exact) mass is 506 g/mol. The zero-order valence-corrected chi connectivity index (χ0v) is 21.2. The molecule has 1 atom stereocenters. The number of hydrogen-bond donors (Lipinski definition) is 1. The third kappa shape index (κ3) is 4.61. The van der Waals surface area contributed by atoms with Crippen molar-refractivity contribution in [2.24, 2.45) is 0 Å². The number of carbonyl (C=O) groups excluding carboxylic acids is 3. The molecule has 0 radical (unpaired) electrons. The van der Waals surface area contributed by atoms with Crippen LogP contribution in [0.3, 0.4) is 0 Å². The molecule has 2 heterocycles. The molecule has 1 unspecified atom stereocenters. The molecule has 4 rings (SSSR count). The first-order valence-corrected chi connectivity index (χ1v) is 12.2. The minimum absolute atomic E-state index is 0.0652. The molecule has 1 aliphatic heterocycles. The van der Waals surface area contributed by atoms with Crippen molar-refractivity contribution in [3.8, 4) is 11.5 Å². The predicted molar refractivity (Wildman–Crippen MR) is 137 cm³/mol. The molecular weight excluding hydrogens is 480 g/mol. The summed E-state index contributed by atoms with van der Waals surface area (Å²) in [7, 11) is 1.53. The molecule has 1 fully saturated rings. The summed E-state index contributed by atoms with van der Waals surface area (Å²) < 4.78 is 10.8. The number of aliphatic hydroxyl groups excluding tert-OH is 1. The molecule has 0 aliphatic carbocycles. The number of anilines is 1. The standard InChI is InChI=1S/C27H26N2O6S/c1-5-14-35-20-12-6-17(7-13-20)22-21(23(31)18-8-10-19(34-4)11-9-18)24(32)26(33)29(22)27-28-15(2)25(36-27)16(3)30/h6-13,22,31H,5,14H2,1-4H3. The maximum atomic E-state index is 13.3. The fourth-order valence-corrected chi connectivity index (χ4v) is 5.02. The van der Waals surface area contributed by atoms with Crippen LogP contribution in [0.1, 0.15) is 52.8 Å². The Morgan fingerprint density at radius 2 is 1.72 bits per heavy atom. The minimum atomic E-state index is -0.947. The molecular formula is C27H26N2O6S. The summed E-state index contributed by atoms with van der Waals surface area (Å²) in [5.41, 5.74) is 1.36. The maximum absolute atomic E-state index is 13.3. The number of rotatable bonds is 8. The Morgan fingerprint density at radius 3 is 2.28 bits per heavy atom. The number of carbonyl (C=O) groups is 3. The van der Waals surface area contributed by atoms with Gasteiger partial charge in [0.1, 0.15) is 17.3 Å². The van der Waals surface area contributed by atoms with Gasteiger partial charge < -0.3 is 14.6 Å². The highest BCUT2D eigenvalue weighted by Crippen LogP contribution is 2.44. The predicted octanol–water partition coefficient (Wildman–Crippen LogP) is 5.08. The van der Waals surface area contributed by atoms with Crippen LogP contribution >= 0.6 is 11.3 Å². The SMILES string of the molecule is CCCOc1ccc(C2C(=C(O)c3ccc(OC)cc3)C(=O)C(=O)N2c2nc(C)c(C(C)=O)s2)cc1. The highest BCUT2D eigenvalue weighted by atomic mass is 32.1. The molecule has 0 bridgehead atoms. The normalized spacial score (nSPS) is 16.9. The zero-order valence-electron chi connectivity index (χ0n) is 20.4. The Hall–Kier alpha value is -3.98. The third-order valence-electron chi connectivity index (χ3n) is 5.79. The van der Waals surface area contributed by atoms with Gasteiger partial charge in [-0.25, -0.2) is 4.98 Å². The van der Waals surface area contributed by atoms with E-state index < -0.39 is 17.7 Å². The van der Waals surface area contributed by atoms with Crippen LogP contribution in [-0.4, -0.2) is 41.3 Å². The summed E-state index contributed by atoms with van der Waals surface area (Å²) in [4.78, 5) is 44.7. The number of aryl methyl sites for hydroxylation is 1. The van der Waals surface area contributed by atoms with Crippen molar-refractivity contribution in [1.29, 1.82) is 0 Å². The lowest BCUT2D eigenvalue weighted by molar-refractivity contribution is -0.132. The number of Topliss-reactive ketones (excluding diaryl/α,β-unsaturated/α-hetero) is 2.